The highest BCUT2D eigenvalue weighted by atomic mass is 19.1. The molecular formula is C18H19FN2O3. The maximum absolute atomic E-state index is 13.9. The number of hydrogen-bond donors (Lipinski definition) is 1. The number of anilines is 1. The summed E-state index contributed by atoms with van der Waals surface area (Å²) >= 11 is 0. The zero-order chi connectivity index (χ0) is 17.5. The van der Waals surface area contributed by atoms with Crippen LogP contribution in [0.15, 0.2) is 48.5 Å². The zero-order valence-corrected chi connectivity index (χ0v) is 13.6. The van der Waals surface area contributed by atoms with E-state index in [0.717, 1.165) is 0 Å². The minimum absolute atomic E-state index is 0.164. The number of nitrogens with one attached hydrogen (secondary N) is 1. The van der Waals surface area contributed by atoms with Gasteiger partial charge >= 0.3 is 0 Å². The molecule has 0 heterocycles. The van der Waals surface area contributed by atoms with Crippen molar-refractivity contribution in [2.24, 2.45) is 0 Å². The lowest BCUT2D eigenvalue weighted by atomic mass is 10.2. The average molecular weight is 330 g/mol. The lowest BCUT2D eigenvalue weighted by molar-refractivity contribution is -0.116. The third-order valence-corrected chi connectivity index (χ3v) is 3.50. The lowest BCUT2D eigenvalue weighted by Crippen LogP contribution is -2.38. The number of ether oxygens (including phenoxy) is 1. The summed E-state index contributed by atoms with van der Waals surface area (Å²) in [5.74, 6) is -0.632. The topological polar surface area (TPSA) is 58.6 Å². The number of halogens is 1. The molecule has 0 saturated heterocycles. The minimum Gasteiger partial charge on any atom is -0.496 e. The Kier molecular flexibility index (Phi) is 5.89. The van der Waals surface area contributed by atoms with E-state index < -0.39 is 5.82 Å². The van der Waals surface area contributed by atoms with E-state index in [1.807, 2.05) is 0 Å². The Morgan fingerprint density at radius 2 is 1.79 bits per heavy atom. The van der Waals surface area contributed by atoms with Gasteiger partial charge in [-0.05, 0) is 24.3 Å². The van der Waals surface area contributed by atoms with Gasteiger partial charge in [-0.2, -0.15) is 0 Å². The number of amides is 2. The van der Waals surface area contributed by atoms with Crippen molar-refractivity contribution in [1.82, 2.24) is 5.32 Å². The fourth-order valence-electron chi connectivity index (χ4n) is 2.33. The monoisotopic (exact) mass is 330 g/mol. The Labute approximate surface area is 140 Å². The molecule has 0 radical (unpaired) electrons. The number of benzene rings is 2. The van der Waals surface area contributed by atoms with E-state index in [-0.39, 0.29) is 30.6 Å². The molecule has 0 aromatic heterocycles. The highest BCUT2D eigenvalue weighted by molar-refractivity contribution is 5.97. The lowest BCUT2D eigenvalue weighted by Gasteiger charge is -2.22. The van der Waals surface area contributed by atoms with Crippen LogP contribution in [-0.2, 0) is 4.79 Å². The van der Waals surface area contributed by atoms with Gasteiger partial charge in [0.15, 0.2) is 0 Å². The van der Waals surface area contributed by atoms with E-state index >= 15 is 0 Å². The molecule has 2 aromatic carbocycles. The van der Waals surface area contributed by atoms with E-state index in [0.29, 0.717) is 11.3 Å². The summed E-state index contributed by atoms with van der Waals surface area (Å²) in [4.78, 5) is 25.3. The van der Waals surface area contributed by atoms with Gasteiger partial charge in [0.2, 0.25) is 5.91 Å². The Morgan fingerprint density at radius 3 is 2.46 bits per heavy atom. The molecule has 2 aromatic rings. The van der Waals surface area contributed by atoms with Crippen molar-refractivity contribution in [3.63, 3.8) is 0 Å². The first-order chi connectivity index (χ1) is 11.5. The van der Waals surface area contributed by atoms with Gasteiger partial charge < -0.3 is 15.0 Å². The Bertz CT molecular complexity index is 734. The quantitative estimate of drug-likeness (QED) is 0.886. The second-order valence-corrected chi connectivity index (χ2v) is 5.08. The summed E-state index contributed by atoms with van der Waals surface area (Å²) in [7, 11) is 1.49. The van der Waals surface area contributed by atoms with Gasteiger partial charge in [0, 0.05) is 20.0 Å². The second kappa shape index (κ2) is 8.10. The van der Waals surface area contributed by atoms with Crippen LogP contribution >= 0.6 is 0 Å². The maximum atomic E-state index is 13.9. The van der Waals surface area contributed by atoms with Gasteiger partial charge in [-0.15, -0.1) is 0 Å². The smallest absolute Gasteiger partial charge is 0.255 e. The first kappa shape index (κ1) is 17.5. The molecule has 24 heavy (non-hydrogen) atoms. The summed E-state index contributed by atoms with van der Waals surface area (Å²) < 4.78 is 19.0. The van der Waals surface area contributed by atoms with Crippen LogP contribution in [0.4, 0.5) is 10.1 Å². The molecule has 0 fully saturated rings. The molecule has 0 unspecified atom stereocenters. The molecule has 0 atom stereocenters. The van der Waals surface area contributed by atoms with E-state index in [1.54, 1.807) is 36.4 Å². The van der Waals surface area contributed by atoms with Gasteiger partial charge in [-0.25, -0.2) is 4.39 Å². The second-order valence-electron chi connectivity index (χ2n) is 5.08. The molecule has 2 rings (SSSR count). The van der Waals surface area contributed by atoms with E-state index in [4.69, 9.17) is 4.74 Å². The van der Waals surface area contributed by atoms with Crippen LogP contribution in [0, 0.1) is 5.82 Å². The molecule has 5 nitrogen and oxygen atoms in total. The molecule has 126 valence electrons. The van der Waals surface area contributed by atoms with Crippen molar-refractivity contribution in [3.8, 4) is 5.75 Å². The summed E-state index contributed by atoms with van der Waals surface area (Å²) in [5, 5.41) is 2.71. The number of para-hydroxylation sites is 2. The van der Waals surface area contributed by atoms with Gasteiger partial charge in [-0.1, -0.05) is 24.3 Å². The standard InChI is InChI=1S/C18H19FN2O3/c1-13(22)21(16-9-5-4-8-15(16)19)12-11-20-18(23)14-7-3-6-10-17(14)24-2/h3-10H,11-12H2,1-2H3,(H,20,23). The van der Waals surface area contributed by atoms with Gasteiger partial charge in [-0.3, -0.25) is 9.59 Å². The molecule has 0 aliphatic carbocycles. The van der Waals surface area contributed by atoms with Crippen LogP contribution < -0.4 is 15.0 Å². The van der Waals surface area contributed by atoms with E-state index in [2.05, 4.69) is 5.32 Å². The Morgan fingerprint density at radius 1 is 1.12 bits per heavy atom. The fourth-order valence-corrected chi connectivity index (χ4v) is 2.33. The Balaban J connectivity index is 2.02. The van der Waals surface area contributed by atoms with E-state index in [9.17, 15) is 14.0 Å². The maximum Gasteiger partial charge on any atom is 0.255 e. The average Bonchev–Trinajstić information content (AvgIpc) is 2.59. The third-order valence-electron chi connectivity index (χ3n) is 3.50. The molecule has 2 amide bonds. The van der Waals surface area contributed by atoms with Crippen LogP contribution in [0.25, 0.3) is 0 Å². The minimum atomic E-state index is -0.483. The van der Waals surface area contributed by atoms with Gasteiger partial charge in [0.25, 0.3) is 5.91 Å². The Hall–Kier alpha value is -2.89. The largest absolute Gasteiger partial charge is 0.496 e. The van der Waals surface area contributed by atoms with Crippen LogP contribution in [0.2, 0.25) is 0 Å². The molecule has 6 heteroatoms. The molecule has 0 aliphatic rings. The first-order valence-electron chi connectivity index (χ1n) is 7.48. The number of carbonyl (C=O) groups is 2. The van der Waals surface area contributed by atoms with Crippen LogP contribution in [0.1, 0.15) is 17.3 Å². The number of rotatable bonds is 6. The van der Waals surface area contributed by atoms with Crippen molar-refractivity contribution >= 4 is 17.5 Å². The summed E-state index contributed by atoms with van der Waals surface area (Å²) in [6.07, 6.45) is 0. The van der Waals surface area contributed by atoms with E-state index in [1.165, 1.54) is 31.1 Å². The summed E-state index contributed by atoms with van der Waals surface area (Å²) in [6.45, 7) is 1.70. The normalized spacial score (nSPS) is 10.1. The molecular weight excluding hydrogens is 311 g/mol. The molecule has 0 spiro atoms. The van der Waals surface area contributed by atoms with Crippen molar-refractivity contribution in [1.29, 1.82) is 0 Å². The molecule has 0 aliphatic heterocycles. The molecule has 0 saturated carbocycles. The zero-order valence-electron chi connectivity index (χ0n) is 13.6. The molecule has 0 bridgehead atoms. The third kappa shape index (κ3) is 4.10. The SMILES string of the molecule is COc1ccccc1C(=O)NCCN(C(C)=O)c1ccccc1F. The highest BCUT2D eigenvalue weighted by Crippen LogP contribution is 2.19. The number of methoxy groups -OCH3 is 1. The first-order valence-corrected chi connectivity index (χ1v) is 7.48. The molecule has 1 N–H and O–H groups in total. The van der Waals surface area contributed by atoms with Crippen molar-refractivity contribution < 1.29 is 18.7 Å². The number of hydrogen-bond acceptors (Lipinski definition) is 3. The van der Waals surface area contributed by atoms with Crippen molar-refractivity contribution in [2.75, 3.05) is 25.1 Å². The predicted octanol–water partition coefficient (Wildman–Crippen LogP) is 2.62. The van der Waals surface area contributed by atoms with Crippen LogP contribution in [0.3, 0.4) is 0 Å². The summed E-state index contributed by atoms with van der Waals surface area (Å²) in [6, 6.07) is 12.9. The number of carbonyl (C=O) groups excluding carboxylic acids is 2. The highest BCUT2D eigenvalue weighted by Gasteiger charge is 2.16. The van der Waals surface area contributed by atoms with Crippen LogP contribution in [0.5, 0.6) is 5.75 Å². The van der Waals surface area contributed by atoms with Crippen LogP contribution in [-0.4, -0.2) is 32.0 Å². The van der Waals surface area contributed by atoms with Crippen molar-refractivity contribution in [2.45, 2.75) is 6.92 Å². The predicted molar refractivity (Wildman–Crippen MR) is 89.8 cm³/mol. The van der Waals surface area contributed by atoms with Crippen molar-refractivity contribution in [3.05, 3.63) is 59.9 Å². The van der Waals surface area contributed by atoms with Gasteiger partial charge in [0.1, 0.15) is 11.6 Å². The fraction of sp³-hybridized carbons (Fsp3) is 0.222. The summed E-state index contributed by atoms with van der Waals surface area (Å²) in [5.41, 5.74) is 0.594. The number of nitrogens with zero attached hydrogens (tertiary/aromatic N) is 1. The van der Waals surface area contributed by atoms with Gasteiger partial charge in [0.05, 0.1) is 18.4 Å².